The number of hydrogen-bond donors (Lipinski definition) is 9. The molecule has 0 saturated carbocycles. The van der Waals surface area contributed by atoms with E-state index in [1.165, 1.54) is 7.11 Å². The summed E-state index contributed by atoms with van der Waals surface area (Å²) in [5.74, 6) is -2.53. The molecule has 1 aromatic heterocycles. The lowest BCUT2D eigenvalue weighted by atomic mass is 9.85. The number of phenols is 2. The van der Waals surface area contributed by atoms with E-state index < -0.39 is 119 Å². The average Bonchev–Trinajstić information content (AvgIpc) is 3.03. The smallest absolute Gasteiger partial charge is 0.303 e. The van der Waals surface area contributed by atoms with Crippen molar-refractivity contribution in [3.8, 4) is 28.6 Å². The van der Waals surface area contributed by atoms with Gasteiger partial charge in [-0.2, -0.15) is 0 Å². The van der Waals surface area contributed by atoms with Gasteiger partial charge >= 0.3 is 5.97 Å². The summed E-state index contributed by atoms with van der Waals surface area (Å²) in [6.45, 7) is -0.749. The Hall–Kier alpha value is -3.84. The first kappa shape index (κ1) is 33.5. The van der Waals surface area contributed by atoms with Crippen molar-refractivity contribution in [2.24, 2.45) is 0 Å². The number of hydrogen-bond acceptors (Lipinski definition) is 16. The van der Waals surface area contributed by atoms with Crippen LogP contribution >= 0.6 is 0 Å². The molecule has 2 fully saturated rings. The molecule has 3 aromatic rings. The number of aliphatic hydroxyl groups excluding tert-OH is 7. The van der Waals surface area contributed by atoms with E-state index in [0.717, 1.165) is 13.0 Å². The maximum Gasteiger partial charge on any atom is 0.303 e. The van der Waals surface area contributed by atoms with Crippen molar-refractivity contribution in [2.45, 2.75) is 68.0 Å². The number of aliphatic hydroxyl groups is 7. The van der Waals surface area contributed by atoms with Crippen LogP contribution < -0.4 is 10.2 Å². The highest BCUT2D eigenvalue weighted by molar-refractivity contribution is 5.92. The Kier molecular flexibility index (Phi) is 9.55. The zero-order valence-corrected chi connectivity index (χ0v) is 24.5. The fraction of sp³-hybridized carbons (Fsp3) is 0.467. The lowest BCUT2D eigenvalue weighted by Crippen LogP contribution is -2.56. The second kappa shape index (κ2) is 13.1. The SMILES string of the molecule is COc1ccc(-c2cc(=O)c3c(O)c(C4OC(CO)C(O)C(O)C4OC(C)=O)c(O)c(C4OC(CO)C(O)C(O)C4O)c3o2)cc1. The van der Waals surface area contributed by atoms with Gasteiger partial charge in [-0.1, -0.05) is 0 Å². The summed E-state index contributed by atoms with van der Waals surface area (Å²) in [4.78, 5) is 25.7. The largest absolute Gasteiger partial charge is 0.507 e. The molecule has 0 bridgehead atoms. The van der Waals surface area contributed by atoms with Crippen LogP contribution in [0.5, 0.6) is 17.2 Å². The topological polar surface area (TPSA) is 266 Å². The first-order valence-electron chi connectivity index (χ1n) is 14.1. The lowest BCUT2D eigenvalue weighted by Gasteiger charge is -2.43. The van der Waals surface area contributed by atoms with E-state index in [4.69, 9.17) is 23.4 Å². The monoisotopic (exact) mass is 650 g/mol. The number of methoxy groups -OCH3 is 1. The van der Waals surface area contributed by atoms with Gasteiger partial charge in [0.15, 0.2) is 17.1 Å². The molecule has 0 spiro atoms. The van der Waals surface area contributed by atoms with Crippen molar-refractivity contribution in [3.05, 3.63) is 51.7 Å². The molecular weight excluding hydrogens is 616 g/mol. The van der Waals surface area contributed by atoms with Gasteiger partial charge in [0.2, 0.25) is 0 Å². The highest BCUT2D eigenvalue weighted by Crippen LogP contribution is 2.51. The van der Waals surface area contributed by atoms with Crippen LogP contribution in [0.15, 0.2) is 39.5 Å². The first-order valence-corrected chi connectivity index (χ1v) is 14.1. The summed E-state index contributed by atoms with van der Waals surface area (Å²) in [6.07, 6.45) is -18.0. The maximum atomic E-state index is 13.7. The Bertz CT molecular complexity index is 1630. The van der Waals surface area contributed by atoms with Gasteiger partial charge in [-0.3, -0.25) is 9.59 Å². The molecule has 10 unspecified atom stereocenters. The highest BCUT2D eigenvalue weighted by atomic mass is 16.6. The van der Waals surface area contributed by atoms with Crippen LogP contribution in [0.2, 0.25) is 0 Å². The van der Waals surface area contributed by atoms with E-state index >= 15 is 0 Å². The Morgan fingerprint density at radius 2 is 1.39 bits per heavy atom. The van der Waals surface area contributed by atoms with E-state index in [2.05, 4.69) is 0 Å². The van der Waals surface area contributed by atoms with Crippen molar-refractivity contribution in [3.63, 3.8) is 0 Å². The number of ether oxygens (including phenoxy) is 4. The van der Waals surface area contributed by atoms with Crippen molar-refractivity contribution in [1.82, 2.24) is 0 Å². The minimum Gasteiger partial charge on any atom is -0.507 e. The molecule has 16 nitrogen and oxygen atoms in total. The van der Waals surface area contributed by atoms with Crippen LogP contribution in [0.4, 0.5) is 0 Å². The number of aromatic hydroxyl groups is 2. The molecule has 5 rings (SSSR count). The van der Waals surface area contributed by atoms with E-state index in [9.17, 15) is 55.5 Å². The molecule has 3 heterocycles. The third-order valence-electron chi connectivity index (χ3n) is 8.20. The summed E-state index contributed by atoms with van der Waals surface area (Å²) >= 11 is 0. The molecule has 2 aliphatic rings. The first-order chi connectivity index (χ1) is 21.8. The quantitative estimate of drug-likeness (QED) is 0.131. The predicted molar refractivity (Wildman–Crippen MR) is 153 cm³/mol. The van der Waals surface area contributed by atoms with Crippen LogP contribution in [-0.4, -0.2) is 121 Å². The summed E-state index contributed by atoms with van der Waals surface area (Å²) in [7, 11) is 1.45. The highest BCUT2D eigenvalue weighted by Gasteiger charge is 2.51. The number of fused-ring (bicyclic) bond motifs is 1. The molecule has 2 aromatic carbocycles. The Labute approximate surface area is 259 Å². The van der Waals surface area contributed by atoms with Crippen molar-refractivity contribution >= 4 is 16.9 Å². The molecule has 2 aliphatic heterocycles. The predicted octanol–water partition coefficient (Wildman–Crippen LogP) is -1.52. The molecule has 0 aliphatic carbocycles. The van der Waals surface area contributed by atoms with Crippen LogP contribution in [-0.2, 0) is 19.0 Å². The Morgan fingerprint density at radius 1 is 0.804 bits per heavy atom. The maximum absolute atomic E-state index is 13.7. The van der Waals surface area contributed by atoms with E-state index in [1.54, 1.807) is 24.3 Å². The second-order valence-corrected chi connectivity index (χ2v) is 11.0. The molecule has 16 heteroatoms. The number of esters is 1. The van der Waals surface area contributed by atoms with Crippen molar-refractivity contribution in [2.75, 3.05) is 20.3 Å². The van der Waals surface area contributed by atoms with Crippen molar-refractivity contribution < 1.29 is 74.1 Å². The zero-order chi connectivity index (χ0) is 33.6. The van der Waals surface area contributed by atoms with Crippen LogP contribution in [0.1, 0.15) is 30.3 Å². The van der Waals surface area contributed by atoms with Gasteiger partial charge in [0, 0.05) is 18.6 Å². The summed E-state index contributed by atoms with van der Waals surface area (Å²) < 4.78 is 27.7. The normalized spacial score (nSPS) is 31.5. The molecule has 250 valence electrons. The third-order valence-corrected chi connectivity index (χ3v) is 8.20. The lowest BCUT2D eigenvalue weighted by molar-refractivity contribution is -0.241. The molecule has 0 radical (unpaired) electrons. The fourth-order valence-electron chi connectivity index (χ4n) is 5.82. The number of carbonyl (C=O) groups excluding carboxylic acids is 1. The number of carbonyl (C=O) groups is 1. The average molecular weight is 651 g/mol. The molecule has 46 heavy (non-hydrogen) atoms. The Balaban J connectivity index is 1.83. The van der Waals surface area contributed by atoms with Crippen LogP contribution in [0.3, 0.4) is 0 Å². The minimum absolute atomic E-state index is 0.0804. The summed E-state index contributed by atoms with van der Waals surface area (Å²) in [6, 6.07) is 7.26. The van der Waals surface area contributed by atoms with E-state index in [0.29, 0.717) is 11.3 Å². The van der Waals surface area contributed by atoms with Crippen LogP contribution in [0, 0.1) is 0 Å². The number of benzene rings is 2. The van der Waals surface area contributed by atoms with Crippen LogP contribution in [0.25, 0.3) is 22.3 Å². The fourth-order valence-corrected chi connectivity index (χ4v) is 5.82. The van der Waals surface area contributed by atoms with Gasteiger partial charge in [0.25, 0.3) is 0 Å². The molecule has 10 atom stereocenters. The summed E-state index contributed by atoms with van der Waals surface area (Å²) in [5.41, 5.74) is -2.34. The molecule has 2 saturated heterocycles. The third kappa shape index (κ3) is 5.68. The van der Waals surface area contributed by atoms with E-state index in [1.807, 2.05) is 0 Å². The summed E-state index contributed by atoms with van der Waals surface area (Å²) in [5, 5.41) is 95.7. The van der Waals surface area contributed by atoms with Crippen molar-refractivity contribution in [1.29, 1.82) is 0 Å². The van der Waals surface area contributed by atoms with Gasteiger partial charge in [0.05, 0.1) is 31.5 Å². The number of rotatable bonds is 7. The van der Waals surface area contributed by atoms with Gasteiger partial charge in [-0.05, 0) is 24.3 Å². The van der Waals surface area contributed by atoms with Gasteiger partial charge in [0.1, 0.15) is 83.3 Å². The van der Waals surface area contributed by atoms with Gasteiger partial charge in [-0.15, -0.1) is 0 Å². The van der Waals surface area contributed by atoms with Gasteiger partial charge < -0.3 is 69.3 Å². The Morgan fingerprint density at radius 3 is 1.96 bits per heavy atom. The second-order valence-electron chi connectivity index (χ2n) is 11.0. The molecule has 0 amide bonds. The standard InChI is InChI=1S/C30H34O16/c1-10(33)43-30-25(40)21(36)16(9-32)46-29(30)18-22(37)17-13(34)7-14(11-3-5-12(42-2)6-4-11)44-27(17)19(23(18)38)28-26(41)24(39)20(35)15(8-31)45-28/h3-7,15-16,20-21,24-26,28-32,35-41H,8-9H2,1-2H3. The number of phenolic OH excluding ortho intramolecular Hbond substituents is 2. The van der Waals surface area contributed by atoms with Gasteiger partial charge in [-0.25, -0.2) is 0 Å². The zero-order valence-electron chi connectivity index (χ0n) is 24.5. The molecular formula is C30H34O16. The minimum atomic E-state index is -2.02. The molecule has 9 N–H and O–H groups in total. The van der Waals surface area contributed by atoms with E-state index in [-0.39, 0.29) is 5.76 Å².